The van der Waals surface area contributed by atoms with Crippen LogP contribution in [-0.2, 0) is 0 Å². The summed E-state index contributed by atoms with van der Waals surface area (Å²) in [6, 6.07) is 5.25. The van der Waals surface area contributed by atoms with E-state index in [9.17, 15) is 0 Å². The molecule has 0 radical (unpaired) electrons. The summed E-state index contributed by atoms with van der Waals surface area (Å²) in [5, 5.41) is 0. The summed E-state index contributed by atoms with van der Waals surface area (Å²) in [4.78, 5) is 3.86. The molecule has 0 atom stereocenters. The maximum absolute atomic E-state index is 7.36. The van der Waals surface area contributed by atoms with E-state index in [0.29, 0.717) is 16.8 Å². The Morgan fingerprint density at radius 2 is 2.18 bits per heavy atom. The van der Waals surface area contributed by atoms with Gasteiger partial charge in [-0.15, -0.1) is 5.69 Å². The molecular formula is C7H5KN2O. The Kier molecular flexibility index (Phi) is 3.09. The number of para-hydroxylation sites is 1. The smallest absolute Gasteiger partial charge is 0.697 e. The van der Waals surface area contributed by atoms with Crippen molar-refractivity contribution in [1.82, 2.24) is 4.98 Å². The Bertz CT molecular complexity index is 358. The van der Waals surface area contributed by atoms with Crippen LogP contribution in [0.1, 0.15) is 0 Å². The molecule has 0 amide bonds. The van der Waals surface area contributed by atoms with E-state index in [0.717, 1.165) is 0 Å². The molecule has 0 saturated heterocycles. The minimum Gasteiger partial charge on any atom is -0.697 e. The summed E-state index contributed by atoms with van der Waals surface area (Å²) in [6.45, 7) is 0. The molecule has 0 unspecified atom stereocenters. The Balaban J connectivity index is 0.000000605. The van der Waals surface area contributed by atoms with Gasteiger partial charge in [0.15, 0.2) is 12.0 Å². The molecule has 50 valence electrons. The molecule has 0 aliphatic heterocycles. The van der Waals surface area contributed by atoms with Gasteiger partial charge in [0.1, 0.15) is 0 Å². The van der Waals surface area contributed by atoms with Crippen LogP contribution in [0.4, 0.5) is 5.69 Å². The van der Waals surface area contributed by atoms with Gasteiger partial charge >= 0.3 is 51.4 Å². The number of hydrogen-bond acceptors (Lipinski definition) is 2. The van der Waals surface area contributed by atoms with Crippen LogP contribution in [0.15, 0.2) is 29.0 Å². The standard InChI is InChI=1S/C7H5N2O.K/c8-5-2-1-3-6-7(5)9-4-10-6;/h1-4,8H;/q-1;+1. The van der Waals surface area contributed by atoms with Crippen molar-refractivity contribution in [2.24, 2.45) is 0 Å². The molecule has 0 saturated carbocycles. The molecule has 0 fully saturated rings. The number of oxazole rings is 1. The second-order valence-corrected chi connectivity index (χ2v) is 2.00. The fourth-order valence-corrected chi connectivity index (χ4v) is 0.886. The average molecular weight is 172 g/mol. The number of nitrogens with one attached hydrogen (secondary N) is 1. The quantitative estimate of drug-likeness (QED) is 0.504. The SMILES string of the molecule is [K+].[NH-]c1cccc2ocnc12. The van der Waals surface area contributed by atoms with Crippen LogP contribution in [0.3, 0.4) is 0 Å². The van der Waals surface area contributed by atoms with E-state index in [1.807, 2.05) is 0 Å². The third-order valence-electron chi connectivity index (χ3n) is 1.36. The maximum Gasteiger partial charge on any atom is 1.00 e. The first kappa shape index (κ1) is 9.22. The molecule has 1 heterocycles. The van der Waals surface area contributed by atoms with Gasteiger partial charge < -0.3 is 10.2 Å². The Labute approximate surface area is 106 Å². The van der Waals surface area contributed by atoms with Crippen molar-refractivity contribution in [2.45, 2.75) is 0 Å². The van der Waals surface area contributed by atoms with Gasteiger partial charge in [0.2, 0.25) is 0 Å². The predicted molar refractivity (Wildman–Crippen MR) is 38.0 cm³/mol. The summed E-state index contributed by atoms with van der Waals surface area (Å²) in [7, 11) is 0. The molecule has 0 aliphatic rings. The third kappa shape index (κ3) is 1.65. The van der Waals surface area contributed by atoms with Gasteiger partial charge in [-0.05, 0) is 6.07 Å². The van der Waals surface area contributed by atoms with Gasteiger partial charge in [0.25, 0.3) is 0 Å². The van der Waals surface area contributed by atoms with E-state index in [1.54, 1.807) is 18.2 Å². The van der Waals surface area contributed by atoms with Crippen LogP contribution in [0, 0.1) is 0 Å². The van der Waals surface area contributed by atoms with Crippen LogP contribution in [0.25, 0.3) is 16.8 Å². The summed E-state index contributed by atoms with van der Waals surface area (Å²) >= 11 is 0. The van der Waals surface area contributed by atoms with Gasteiger partial charge in [-0.3, -0.25) is 0 Å². The number of rotatable bonds is 0. The van der Waals surface area contributed by atoms with E-state index >= 15 is 0 Å². The topological polar surface area (TPSA) is 49.8 Å². The summed E-state index contributed by atoms with van der Waals surface area (Å²) in [5.41, 5.74) is 9.07. The normalized spacial score (nSPS) is 9.45. The van der Waals surface area contributed by atoms with E-state index in [-0.39, 0.29) is 51.4 Å². The Morgan fingerprint density at radius 3 is 2.91 bits per heavy atom. The zero-order chi connectivity index (χ0) is 6.97. The van der Waals surface area contributed by atoms with E-state index in [4.69, 9.17) is 10.2 Å². The second-order valence-electron chi connectivity index (χ2n) is 2.00. The summed E-state index contributed by atoms with van der Waals surface area (Å²) in [5.74, 6) is 0. The van der Waals surface area contributed by atoms with Gasteiger partial charge in [-0.25, -0.2) is 4.98 Å². The zero-order valence-electron chi connectivity index (χ0n) is 6.16. The average Bonchev–Trinajstić information content (AvgIpc) is 2.36. The molecule has 11 heavy (non-hydrogen) atoms. The van der Waals surface area contributed by atoms with Crippen molar-refractivity contribution >= 4 is 16.8 Å². The second kappa shape index (κ2) is 3.69. The zero-order valence-corrected chi connectivity index (χ0v) is 9.29. The molecule has 0 bridgehead atoms. The van der Waals surface area contributed by atoms with Crippen LogP contribution < -0.4 is 51.4 Å². The minimum absolute atomic E-state index is 0. The van der Waals surface area contributed by atoms with Crippen LogP contribution in [0.2, 0.25) is 0 Å². The Morgan fingerprint density at radius 1 is 1.36 bits per heavy atom. The molecule has 2 aromatic rings. The van der Waals surface area contributed by atoms with Crippen LogP contribution >= 0.6 is 0 Å². The van der Waals surface area contributed by atoms with Gasteiger partial charge in [0.05, 0.1) is 5.52 Å². The number of fused-ring (bicyclic) bond motifs is 1. The monoisotopic (exact) mass is 172 g/mol. The molecule has 4 heteroatoms. The fraction of sp³-hybridized carbons (Fsp3) is 0. The summed E-state index contributed by atoms with van der Waals surface area (Å²) in [6.07, 6.45) is 1.35. The van der Waals surface area contributed by atoms with Crippen molar-refractivity contribution in [3.63, 3.8) is 0 Å². The molecule has 1 aromatic carbocycles. The summed E-state index contributed by atoms with van der Waals surface area (Å²) < 4.78 is 4.97. The van der Waals surface area contributed by atoms with Crippen molar-refractivity contribution < 1.29 is 55.8 Å². The van der Waals surface area contributed by atoms with Crippen molar-refractivity contribution in [1.29, 1.82) is 0 Å². The first-order valence-electron chi connectivity index (χ1n) is 2.92. The number of benzene rings is 1. The van der Waals surface area contributed by atoms with Crippen LogP contribution in [-0.4, -0.2) is 4.98 Å². The molecule has 3 nitrogen and oxygen atoms in total. The van der Waals surface area contributed by atoms with Crippen molar-refractivity contribution in [3.8, 4) is 0 Å². The molecule has 2 rings (SSSR count). The molecule has 0 spiro atoms. The first-order chi connectivity index (χ1) is 4.88. The van der Waals surface area contributed by atoms with Gasteiger partial charge in [0, 0.05) is 0 Å². The number of aromatic nitrogens is 1. The molecule has 1 N–H and O–H groups in total. The largest absolute Gasteiger partial charge is 1.00 e. The van der Waals surface area contributed by atoms with E-state index in [1.165, 1.54) is 6.39 Å². The molecule has 0 aliphatic carbocycles. The first-order valence-corrected chi connectivity index (χ1v) is 2.92. The molecular weight excluding hydrogens is 167 g/mol. The third-order valence-corrected chi connectivity index (χ3v) is 1.36. The van der Waals surface area contributed by atoms with Gasteiger partial charge in [-0.1, -0.05) is 12.1 Å². The minimum atomic E-state index is 0. The molecule has 1 aromatic heterocycles. The predicted octanol–water partition coefficient (Wildman–Crippen LogP) is -0.485. The Hall–Kier alpha value is 0.126. The van der Waals surface area contributed by atoms with E-state index in [2.05, 4.69) is 4.98 Å². The van der Waals surface area contributed by atoms with Crippen molar-refractivity contribution in [2.75, 3.05) is 0 Å². The maximum atomic E-state index is 7.36. The van der Waals surface area contributed by atoms with Crippen molar-refractivity contribution in [3.05, 3.63) is 30.3 Å². The van der Waals surface area contributed by atoms with Gasteiger partial charge in [-0.2, -0.15) is 0 Å². The van der Waals surface area contributed by atoms with Crippen LogP contribution in [0.5, 0.6) is 0 Å². The number of nitrogens with zero attached hydrogens (tertiary/aromatic N) is 1. The number of hydrogen-bond donors (Lipinski definition) is 0. The fourth-order valence-electron chi connectivity index (χ4n) is 0.886. The van der Waals surface area contributed by atoms with E-state index < -0.39 is 0 Å².